The van der Waals surface area contributed by atoms with E-state index in [1.807, 2.05) is 18.7 Å². The molecule has 1 aromatic rings. The second-order valence-electron chi connectivity index (χ2n) is 5.03. The van der Waals surface area contributed by atoms with E-state index in [-0.39, 0.29) is 5.75 Å². The van der Waals surface area contributed by atoms with Crippen molar-refractivity contribution in [1.82, 2.24) is 9.97 Å². The summed E-state index contributed by atoms with van der Waals surface area (Å²) in [5.41, 5.74) is 0. The highest BCUT2D eigenvalue weighted by Gasteiger charge is 2.45. The maximum Gasteiger partial charge on any atom is 0.228 e. The Bertz CT molecular complexity index is 570. The molecule has 1 saturated heterocycles. The zero-order valence-electron chi connectivity index (χ0n) is 12.2. The minimum atomic E-state index is -3.07. The van der Waals surface area contributed by atoms with E-state index in [9.17, 15) is 8.42 Å². The summed E-state index contributed by atoms with van der Waals surface area (Å²) in [5, 5.41) is 0. The van der Waals surface area contributed by atoms with Gasteiger partial charge in [-0.2, -0.15) is 4.98 Å². The zero-order chi connectivity index (χ0) is 14.8. The van der Waals surface area contributed by atoms with E-state index in [4.69, 9.17) is 4.74 Å². The number of aromatic nitrogens is 2. The molecule has 0 N–H and O–H groups in total. The Labute approximate surface area is 120 Å². The van der Waals surface area contributed by atoms with Gasteiger partial charge in [-0.1, -0.05) is 13.8 Å². The number of hydrogen-bond acceptors (Lipinski definition) is 6. The van der Waals surface area contributed by atoms with E-state index >= 15 is 0 Å². The topological polar surface area (TPSA) is 72.4 Å². The molecule has 0 aliphatic carbocycles. The minimum absolute atomic E-state index is 0.148. The molecule has 6 nitrogen and oxygen atoms in total. The summed E-state index contributed by atoms with van der Waals surface area (Å²) in [7, 11) is -1.52. The molecule has 1 fully saturated rings. The van der Waals surface area contributed by atoms with Gasteiger partial charge in [-0.25, -0.2) is 13.4 Å². The Morgan fingerprint density at radius 3 is 2.70 bits per heavy atom. The maximum atomic E-state index is 12.4. The van der Waals surface area contributed by atoms with Crippen molar-refractivity contribution in [3.05, 3.63) is 12.3 Å². The molecule has 0 unspecified atom stereocenters. The molecule has 112 valence electrons. The van der Waals surface area contributed by atoms with Crippen LogP contribution in [-0.4, -0.2) is 49.1 Å². The van der Waals surface area contributed by atoms with Crippen molar-refractivity contribution in [3.63, 3.8) is 0 Å². The van der Waals surface area contributed by atoms with Crippen LogP contribution >= 0.6 is 0 Å². The summed E-state index contributed by atoms with van der Waals surface area (Å²) >= 11 is 0. The highest BCUT2D eigenvalue weighted by Crippen LogP contribution is 2.32. The van der Waals surface area contributed by atoms with Gasteiger partial charge in [0.15, 0.2) is 9.84 Å². The first-order valence-corrected chi connectivity index (χ1v) is 8.47. The van der Waals surface area contributed by atoms with Gasteiger partial charge >= 0.3 is 0 Å². The number of methoxy groups -OCH3 is 1. The number of nitrogens with zero attached hydrogens (tertiary/aromatic N) is 3. The molecule has 1 aromatic heterocycles. The molecule has 20 heavy (non-hydrogen) atoms. The van der Waals surface area contributed by atoms with E-state index < -0.39 is 14.6 Å². The molecule has 0 saturated carbocycles. The van der Waals surface area contributed by atoms with Crippen molar-refractivity contribution in [2.45, 2.75) is 31.4 Å². The first kappa shape index (κ1) is 15.0. The van der Waals surface area contributed by atoms with Crippen LogP contribution in [0.2, 0.25) is 0 Å². The van der Waals surface area contributed by atoms with Gasteiger partial charge < -0.3 is 9.64 Å². The molecule has 1 aliphatic rings. The van der Waals surface area contributed by atoms with E-state index in [1.165, 1.54) is 0 Å². The van der Waals surface area contributed by atoms with Crippen LogP contribution in [0, 0.1) is 0 Å². The summed E-state index contributed by atoms with van der Waals surface area (Å²) in [6.07, 6.45) is 2.84. The smallest absolute Gasteiger partial charge is 0.228 e. The molecular weight excluding hydrogens is 278 g/mol. The van der Waals surface area contributed by atoms with Crippen LogP contribution in [0.15, 0.2) is 12.3 Å². The normalized spacial score (nSPS) is 20.6. The molecule has 0 radical (unpaired) electrons. The standard InChI is InChI=1S/C13H21N3O3S/c1-4-13(5-2)10-16(8-9-20(13,17)18)12-14-7-6-11(15-12)19-3/h6-7H,4-5,8-10H2,1-3H3. The Hall–Kier alpha value is -1.37. The second-order valence-corrected chi connectivity index (χ2v) is 7.53. The molecule has 0 aromatic carbocycles. The predicted molar refractivity (Wildman–Crippen MR) is 77.9 cm³/mol. The van der Waals surface area contributed by atoms with Crippen LogP contribution in [0.1, 0.15) is 26.7 Å². The van der Waals surface area contributed by atoms with Gasteiger partial charge in [0.2, 0.25) is 11.8 Å². The third-order valence-corrected chi connectivity index (χ3v) is 6.91. The predicted octanol–water partition coefficient (Wildman–Crippen LogP) is 1.28. The molecule has 7 heteroatoms. The van der Waals surface area contributed by atoms with Gasteiger partial charge in [-0.3, -0.25) is 0 Å². The van der Waals surface area contributed by atoms with Crippen LogP contribution in [0.5, 0.6) is 5.88 Å². The Kier molecular flexibility index (Phi) is 4.17. The van der Waals surface area contributed by atoms with Crippen molar-refractivity contribution in [3.8, 4) is 5.88 Å². The average Bonchev–Trinajstić information content (AvgIpc) is 2.47. The highest BCUT2D eigenvalue weighted by molar-refractivity contribution is 7.92. The lowest BCUT2D eigenvalue weighted by molar-refractivity contribution is 0.395. The fraction of sp³-hybridized carbons (Fsp3) is 0.692. The third-order valence-electron chi connectivity index (χ3n) is 4.17. The van der Waals surface area contributed by atoms with Gasteiger partial charge in [0.25, 0.3) is 0 Å². The van der Waals surface area contributed by atoms with Gasteiger partial charge in [0, 0.05) is 25.4 Å². The number of sulfone groups is 1. The number of rotatable bonds is 4. The van der Waals surface area contributed by atoms with E-state index in [0.29, 0.717) is 37.8 Å². The minimum Gasteiger partial charge on any atom is -0.481 e. The average molecular weight is 299 g/mol. The van der Waals surface area contributed by atoms with Crippen LogP contribution < -0.4 is 9.64 Å². The van der Waals surface area contributed by atoms with Gasteiger partial charge in [0.05, 0.1) is 17.6 Å². The molecule has 0 amide bonds. The summed E-state index contributed by atoms with van der Waals surface area (Å²) in [6, 6.07) is 1.68. The van der Waals surface area contributed by atoms with Gasteiger partial charge in [-0.15, -0.1) is 0 Å². The Morgan fingerprint density at radius 1 is 1.40 bits per heavy atom. The quantitative estimate of drug-likeness (QED) is 0.834. The molecule has 0 atom stereocenters. The van der Waals surface area contributed by atoms with Crippen molar-refractivity contribution in [1.29, 1.82) is 0 Å². The van der Waals surface area contributed by atoms with E-state index in [1.54, 1.807) is 19.4 Å². The fourth-order valence-electron chi connectivity index (χ4n) is 2.65. The Balaban J connectivity index is 2.32. The van der Waals surface area contributed by atoms with Crippen molar-refractivity contribution < 1.29 is 13.2 Å². The summed E-state index contributed by atoms with van der Waals surface area (Å²) < 4.78 is 29.1. The zero-order valence-corrected chi connectivity index (χ0v) is 13.0. The maximum absolute atomic E-state index is 12.4. The largest absolute Gasteiger partial charge is 0.481 e. The first-order valence-electron chi connectivity index (χ1n) is 6.82. The van der Waals surface area contributed by atoms with Crippen molar-refractivity contribution >= 4 is 15.8 Å². The third kappa shape index (κ3) is 2.46. The monoisotopic (exact) mass is 299 g/mol. The summed E-state index contributed by atoms with van der Waals surface area (Å²) in [6.45, 7) is 4.72. The lowest BCUT2D eigenvalue weighted by Crippen LogP contribution is -2.56. The molecular formula is C13H21N3O3S. The Morgan fingerprint density at radius 2 is 2.10 bits per heavy atom. The van der Waals surface area contributed by atoms with Crippen molar-refractivity contribution in [2.75, 3.05) is 30.9 Å². The van der Waals surface area contributed by atoms with Crippen LogP contribution in [0.4, 0.5) is 5.95 Å². The van der Waals surface area contributed by atoms with Crippen LogP contribution in [0.25, 0.3) is 0 Å². The molecule has 0 bridgehead atoms. The molecule has 2 heterocycles. The van der Waals surface area contributed by atoms with Gasteiger partial charge in [-0.05, 0) is 12.8 Å². The van der Waals surface area contributed by atoms with Crippen LogP contribution in [0.3, 0.4) is 0 Å². The number of anilines is 1. The first-order chi connectivity index (χ1) is 9.48. The SMILES string of the molecule is CCC1(CC)CN(c2nccc(OC)n2)CCS1(=O)=O. The van der Waals surface area contributed by atoms with E-state index in [0.717, 1.165) is 0 Å². The number of hydrogen-bond donors (Lipinski definition) is 0. The lowest BCUT2D eigenvalue weighted by Gasteiger charge is -2.41. The van der Waals surface area contributed by atoms with Crippen LogP contribution in [-0.2, 0) is 9.84 Å². The van der Waals surface area contributed by atoms with E-state index in [2.05, 4.69) is 9.97 Å². The molecule has 1 aliphatic heterocycles. The molecule has 2 rings (SSSR count). The molecule has 0 spiro atoms. The summed E-state index contributed by atoms with van der Waals surface area (Å²) in [4.78, 5) is 10.5. The highest BCUT2D eigenvalue weighted by atomic mass is 32.2. The van der Waals surface area contributed by atoms with Crippen molar-refractivity contribution in [2.24, 2.45) is 0 Å². The fourth-order valence-corrected chi connectivity index (χ4v) is 4.78. The second kappa shape index (κ2) is 5.55. The lowest BCUT2D eigenvalue weighted by atomic mass is 10.0. The summed E-state index contributed by atoms with van der Waals surface area (Å²) in [5.74, 6) is 1.17. The number of ether oxygens (including phenoxy) is 1. The van der Waals surface area contributed by atoms with Gasteiger partial charge in [0.1, 0.15) is 0 Å².